The van der Waals surface area contributed by atoms with Crippen LogP contribution in [0, 0.1) is 0 Å². The van der Waals surface area contributed by atoms with Crippen LogP contribution in [0.1, 0.15) is 29.0 Å². The number of benzene rings is 9. The summed E-state index contributed by atoms with van der Waals surface area (Å²) in [5.41, 5.74) is 9.35. The summed E-state index contributed by atoms with van der Waals surface area (Å²) in [5, 5.41) is 10.4. The van der Waals surface area contributed by atoms with Gasteiger partial charge in [-0.1, -0.05) is 158 Å². The Balaban J connectivity index is 1.14. The van der Waals surface area contributed by atoms with Crippen LogP contribution >= 0.6 is 11.3 Å². The van der Waals surface area contributed by atoms with Crippen LogP contribution < -0.4 is 0 Å². The average Bonchev–Trinajstić information content (AvgIpc) is 3.59. The van der Waals surface area contributed by atoms with Gasteiger partial charge in [-0.05, 0) is 114 Å². The summed E-state index contributed by atoms with van der Waals surface area (Å²) in [6.45, 7) is 0. The Labute approximate surface area is 308 Å². The summed E-state index contributed by atoms with van der Waals surface area (Å²) in [6, 6.07) is 70.0. The van der Waals surface area contributed by atoms with Crippen LogP contribution in [0.3, 0.4) is 0 Å². The summed E-state index contributed by atoms with van der Waals surface area (Å²) in [4.78, 5) is 0. The first kappa shape index (κ1) is 30.8. The maximum absolute atomic E-state index is 2.49. The van der Waals surface area contributed by atoms with Gasteiger partial charge in [-0.15, -0.1) is 11.3 Å². The third kappa shape index (κ3) is 5.37. The maximum atomic E-state index is 2.49. The van der Waals surface area contributed by atoms with Crippen LogP contribution in [0.2, 0.25) is 0 Å². The van der Waals surface area contributed by atoms with Gasteiger partial charge in [-0.3, -0.25) is 0 Å². The van der Waals surface area contributed by atoms with Crippen molar-refractivity contribution in [3.05, 3.63) is 205 Å². The minimum atomic E-state index is 0.189. The highest BCUT2D eigenvalue weighted by Gasteiger charge is 2.22. The Morgan fingerprint density at radius 3 is 1.92 bits per heavy atom. The Bertz CT molecular complexity index is 2930. The molecule has 0 nitrogen and oxygen atoms in total. The number of hydrogen-bond donors (Lipinski definition) is 0. The molecule has 10 rings (SSSR count). The molecule has 1 heteroatoms. The predicted octanol–water partition coefficient (Wildman–Crippen LogP) is 14.6. The number of hydrogen-bond acceptors (Lipinski definition) is 1. The first-order chi connectivity index (χ1) is 25.8. The van der Waals surface area contributed by atoms with Crippen LogP contribution in [0.5, 0.6) is 0 Å². The molecule has 0 bridgehead atoms. The second-order valence-electron chi connectivity index (χ2n) is 13.9. The zero-order valence-corrected chi connectivity index (χ0v) is 29.6. The van der Waals surface area contributed by atoms with Crippen molar-refractivity contribution in [3.63, 3.8) is 0 Å². The summed E-state index contributed by atoms with van der Waals surface area (Å²) in [5.74, 6) is 0.189. The van der Waals surface area contributed by atoms with Gasteiger partial charge in [-0.2, -0.15) is 0 Å². The van der Waals surface area contributed by atoms with Gasteiger partial charge in [0.2, 0.25) is 0 Å². The molecule has 246 valence electrons. The van der Waals surface area contributed by atoms with Gasteiger partial charge in [0.1, 0.15) is 0 Å². The van der Waals surface area contributed by atoms with Crippen LogP contribution in [0.4, 0.5) is 0 Å². The molecule has 0 aliphatic rings. The minimum absolute atomic E-state index is 0.189. The van der Waals surface area contributed by atoms with Gasteiger partial charge in [-0.25, -0.2) is 0 Å². The molecule has 1 aromatic heterocycles. The standard InChI is InChI=1S/C51H36S/c1-2-15-36-31-38(26-25-34(36)13-1)40-17-5-3-14-35(40)27-29-42(39-28-30-51-49(33-39)47-23-11-12-24-50(47)52-51)44-20-8-10-22-46(44)48-32-37-16-4-6-18-41(37)43-19-7-9-21-45(43)48/h1-26,28,30-33,42H,27,29H2. The molecule has 0 aliphatic carbocycles. The minimum Gasteiger partial charge on any atom is -0.135 e. The van der Waals surface area contributed by atoms with E-state index < -0.39 is 0 Å². The molecular formula is C51H36S. The zero-order valence-electron chi connectivity index (χ0n) is 28.8. The van der Waals surface area contributed by atoms with Gasteiger partial charge >= 0.3 is 0 Å². The number of thiophene rings is 1. The van der Waals surface area contributed by atoms with E-state index in [1.165, 1.54) is 91.4 Å². The van der Waals surface area contributed by atoms with Crippen molar-refractivity contribution < 1.29 is 0 Å². The smallest absolute Gasteiger partial charge is 0.0355 e. The fraction of sp³-hybridized carbons (Fsp3) is 0.0588. The van der Waals surface area contributed by atoms with Gasteiger partial charge in [0, 0.05) is 26.1 Å². The second kappa shape index (κ2) is 12.9. The van der Waals surface area contributed by atoms with E-state index in [0.29, 0.717) is 0 Å². The SMILES string of the molecule is c1ccc(-c2ccc3ccccc3c2)c(CCC(c2ccc3sc4ccccc4c3c2)c2ccccc2-c2cc3ccccc3c3ccccc23)c1. The molecule has 0 fully saturated rings. The molecular weight excluding hydrogens is 645 g/mol. The Morgan fingerprint density at radius 2 is 1.04 bits per heavy atom. The third-order valence-electron chi connectivity index (χ3n) is 11.0. The number of fused-ring (bicyclic) bond motifs is 7. The van der Waals surface area contributed by atoms with Gasteiger partial charge in [0.15, 0.2) is 0 Å². The molecule has 0 spiro atoms. The van der Waals surface area contributed by atoms with Crippen molar-refractivity contribution in [3.8, 4) is 22.3 Å². The van der Waals surface area contributed by atoms with Gasteiger partial charge < -0.3 is 0 Å². The lowest BCUT2D eigenvalue weighted by molar-refractivity contribution is 0.718. The lowest BCUT2D eigenvalue weighted by Crippen LogP contribution is -2.06. The van der Waals surface area contributed by atoms with Crippen LogP contribution in [-0.4, -0.2) is 0 Å². The highest BCUT2D eigenvalue weighted by molar-refractivity contribution is 7.25. The van der Waals surface area contributed by atoms with Crippen molar-refractivity contribution in [1.29, 1.82) is 0 Å². The van der Waals surface area contributed by atoms with Gasteiger partial charge in [0.05, 0.1) is 0 Å². The fourth-order valence-corrected chi connectivity index (χ4v) is 9.55. The van der Waals surface area contributed by atoms with E-state index in [2.05, 4.69) is 188 Å². The van der Waals surface area contributed by atoms with Crippen LogP contribution in [-0.2, 0) is 6.42 Å². The summed E-state index contributed by atoms with van der Waals surface area (Å²) < 4.78 is 2.69. The van der Waals surface area contributed by atoms with Crippen molar-refractivity contribution in [1.82, 2.24) is 0 Å². The van der Waals surface area contributed by atoms with E-state index >= 15 is 0 Å². The molecule has 52 heavy (non-hydrogen) atoms. The van der Waals surface area contributed by atoms with E-state index in [-0.39, 0.29) is 5.92 Å². The summed E-state index contributed by atoms with van der Waals surface area (Å²) in [7, 11) is 0. The summed E-state index contributed by atoms with van der Waals surface area (Å²) >= 11 is 1.89. The van der Waals surface area contributed by atoms with E-state index in [1.54, 1.807) is 0 Å². The lowest BCUT2D eigenvalue weighted by atomic mass is 9.80. The third-order valence-corrected chi connectivity index (χ3v) is 12.1. The van der Waals surface area contributed by atoms with E-state index in [9.17, 15) is 0 Å². The quantitative estimate of drug-likeness (QED) is 0.147. The molecule has 9 aromatic carbocycles. The highest BCUT2D eigenvalue weighted by atomic mass is 32.1. The number of rotatable bonds is 7. The highest BCUT2D eigenvalue weighted by Crippen LogP contribution is 2.43. The van der Waals surface area contributed by atoms with E-state index in [4.69, 9.17) is 0 Å². The van der Waals surface area contributed by atoms with Crippen molar-refractivity contribution in [2.75, 3.05) is 0 Å². The molecule has 0 N–H and O–H groups in total. The molecule has 0 radical (unpaired) electrons. The molecule has 1 unspecified atom stereocenters. The Kier molecular flexibility index (Phi) is 7.66. The molecule has 0 saturated carbocycles. The maximum Gasteiger partial charge on any atom is 0.0355 e. The molecule has 0 aliphatic heterocycles. The number of aryl methyl sites for hydroxylation is 1. The average molecular weight is 681 g/mol. The lowest BCUT2D eigenvalue weighted by Gasteiger charge is -2.23. The van der Waals surface area contributed by atoms with E-state index in [1.807, 2.05) is 11.3 Å². The van der Waals surface area contributed by atoms with Crippen LogP contribution in [0.15, 0.2) is 188 Å². The van der Waals surface area contributed by atoms with Gasteiger partial charge in [0.25, 0.3) is 0 Å². The molecule has 10 aromatic rings. The van der Waals surface area contributed by atoms with Crippen molar-refractivity contribution >= 4 is 63.8 Å². The molecule has 1 heterocycles. The monoisotopic (exact) mass is 680 g/mol. The predicted molar refractivity (Wildman–Crippen MR) is 226 cm³/mol. The van der Waals surface area contributed by atoms with Crippen molar-refractivity contribution in [2.45, 2.75) is 18.8 Å². The molecule has 1 atom stereocenters. The second-order valence-corrected chi connectivity index (χ2v) is 15.0. The Morgan fingerprint density at radius 1 is 0.385 bits per heavy atom. The first-order valence-electron chi connectivity index (χ1n) is 18.3. The van der Waals surface area contributed by atoms with E-state index in [0.717, 1.165) is 12.8 Å². The van der Waals surface area contributed by atoms with Crippen molar-refractivity contribution in [2.24, 2.45) is 0 Å². The first-order valence-corrected chi connectivity index (χ1v) is 19.1. The van der Waals surface area contributed by atoms with Crippen LogP contribution in [0.25, 0.3) is 74.7 Å². The fourth-order valence-electron chi connectivity index (χ4n) is 8.46. The summed E-state index contributed by atoms with van der Waals surface area (Å²) in [6.07, 6.45) is 1.95. The normalized spacial score (nSPS) is 12.3. The molecule has 0 saturated heterocycles. The zero-order chi connectivity index (χ0) is 34.4. The molecule has 0 amide bonds. The topological polar surface area (TPSA) is 0 Å². The largest absolute Gasteiger partial charge is 0.135 e. The Hall–Kier alpha value is -6.02.